The van der Waals surface area contributed by atoms with E-state index in [2.05, 4.69) is 21.2 Å². The summed E-state index contributed by atoms with van der Waals surface area (Å²) in [5.74, 6) is -1.40. The molecular weight excluding hydrogens is 376 g/mol. The van der Waals surface area contributed by atoms with Crippen LogP contribution >= 0.6 is 15.9 Å². The highest BCUT2D eigenvalue weighted by molar-refractivity contribution is 9.10. The smallest absolute Gasteiger partial charge is 0.335 e. The number of imide groups is 2. The van der Waals surface area contributed by atoms with Crippen molar-refractivity contribution in [3.8, 4) is 5.75 Å². The molecule has 4 amide bonds. The number of halogens is 1. The standard InChI is InChI=1S/C17H11BrN2O4/c18-11-2-1-3-12(9-11)20-16(23)14(15(22)19-17(20)24)8-10-4-6-13(21)7-5-10/h1-9,21H,(H,19,22,24)/b14-8-. The van der Waals surface area contributed by atoms with Crippen LogP contribution in [0.1, 0.15) is 5.56 Å². The molecule has 1 aliphatic rings. The number of urea groups is 1. The maximum Gasteiger partial charge on any atom is 0.335 e. The normalized spacial score (nSPS) is 16.5. The first-order chi connectivity index (χ1) is 11.5. The maximum absolute atomic E-state index is 12.6. The van der Waals surface area contributed by atoms with Crippen molar-refractivity contribution in [2.45, 2.75) is 0 Å². The van der Waals surface area contributed by atoms with E-state index in [9.17, 15) is 19.5 Å². The van der Waals surface area contributed by atoms with E-state index in [0.29, 0.717) is 15.7 Å². The maximum atomic E-state index is 12.6. The van der Waals surface area contributed by atoms with E-state index in [1.54, 1.807) is 36.4 Å². The predicted octanol–water partition coefficient (Wildman–Crippen LogP) is 2.82. The van der Waals surface area contributed by atoms with Crippen LogP contribution in [-0.2, 0) is 9.59 Å². The van der Waals surface area contributed by atoms with Gasteiger partial charge in [0.2, 0.25) is 0 Å². The van der Waals surface area contributed by atoms with Gasteiger partial charge in [0, 0.05) is 4.47 Å². The van der Waals surface area contributed by atoms with E-state index in [0.717, 1.165) is 4.90 Å². The zero-order chi connectivity index (χ0) is 17.3. The third kappa shape index (κ3) is 3.07. The molecule has 120 valence electrons. The number of nitrogens with one attached hydrogen (secondary N) is 1. The van der Waals surface area contributed by atoms with Crippen molar-refractivity contribution in [3.05, 3.63) is 64.1 Å². The lowest BCUT2D eigenvalue weighted by Crippen LogP contribution is -2.54. The van der Waals surface area contributed by atoms with Gasteiger partial charge >= 0.3 is 6.03 Å². The first kappa shape index (κ1) is 15.9. The third-order valence-corrected chi connectivity index (χ3v) is 3.87. The van der Waals surface area contributed by atoms with E-state index in [4.69, 9.17) is 0 Å². The Balaban J connectivity index is 2.01. The number of carbonyl (C=O) groups is 3. The van der Waals surface area contributed by atoms with Crippen LogP contribution in [-0.4, -0.2) is 23.0 Å². The lowest BCUT2D eigenvalue weighted by Gasteiger charge is -2.26. The molecule has 0 radical (unpaired) electrons. The van der Waals surface area contributed by atoms with Gasteiger partial charge in [0.15, 0.2) is 0 Å². The molecule has 1 aliphatic heterocycles. The van der Waals surface area contributed by atoms with E-state index in [-0.39, 0.29) is 11.3 Å². The number of hydrogen-bond donors (Lipinski definition) is 2. The van der Waals surface area contributed by atoms with Gasteiger partial charge in [-0.3, -0.25) is 14.9 Å². The quantitative estimate of drug-likeness (QED) is 0.613. The monoisotopic (exact) mass is 386 g/mol. The van der Waals surface area contributed by atoms with Crippen molar-refractivity contribution >= 4 is 45.5 Å². The number of benzene rings is 2. The van der Waals surface area contributed by atoms with E-state index >= 15 is 0 Å². The Bertz CT molecular complexity index is 874. The summed E-state index contributed by atoms with van der Waals surface area (Å²) >= 11 is 3.28. The zero-order valence-corrected chi connectivity index (χ0v) is 13.8. The van der Waals surface area contributed by atoms with Gasteiger partial charge in [-0.2, -0.15) is 0 Å². The van der Waals surface area contributed by atoms with Crippen molar-refractivity contribution in [3.63, 3.8) is 0 Å². The summed E-state index contributed by atoms with van der Waals surface area (Å²) in [6.07, 6.45) is 1.37. The van der Waals surface area contributed by atoms with Crippen LogP contribution in [0.3, 0.4) is 0 Å². The second-order valence-corrected chi connectivity index (χ2v) is 5.94. The largest absolute Gasteiger partial charge is 0.508 e. The summed E-state index contributed by atoms with van der Waals surface area (Å²) < 4.78 is 0.696. The highest BCUT2D eigenvalue weighted by Crippen LogP contribution is 2.24. The summed E-state index contributed by atoms with van der Waals surface area (Å²) in [5.41, 5.74) is 0.728. The van der Waals surface area contributed by atoms with Crippen LogP contribution in [0, 0.1) is 0 Å². The molecule has 0 saturated carbocycles. The average Bonchev–Trinajstić information content (AvgIpc) is 2.53. The van der Waals surface area contributed by atoms with Crippen LogP contribution in [0.25, 0.3) is 6.08 Å². The van der Waals surface area contributed by atoms with E-state index < -0.39 is 17.8 Å². The Kier molecular flexibility index (Phi) is 4.18. The molecule has 0 bridgehead atoms. The molecule has 2 aromatic rings. The van der Waals surface area contributed by atoms with Gasteiger partial charge in [-0.25, -0.2) is 9.69 Å². The van der Waals surface area contributed by atoms with E-state index in [1.165, 1.54) is 18.2 Å². The second-order valence-electron chi connectivity index (χ2n) is 5.03. The SMILES string of the molecule is O=C1NC(=O)N(c2cccc(Br)c2)C(=O)/C1=C\c1ccc(O)cc1. The fourth-order valence-electron chi connectivity index (χ4n) is 2.24. The molecule has 1 fully saturated rings. The van der Waals surface area contributed by atoms with Crippen molar-refractivity contribution in [1.29, 1.82) is 0 Å². The molecule has 0 aromatic heterocycles. The van der Waals surface area contributed by atoms with Gasteiger partial charge in [-0.05, 0) is 42.0 Å². The number of anilines is 1. The highest BCUT2D eigenvalue weighted by Gasteiger charge is 2.36. The topological polar surface area (TPSA) is 86.7 Å². The minimum atomic E-state index is -0.800. The van der Waals surface area contributed by atoms with Crippen LogP contribution in [0.4, 0.5) is 10.5 Å². The number of phenolic OH excluding ortho intramolecular Hbond substituents is 1. The van der Waals surface area contributed by atoms with Gasteiger partial charge in [0.05, 0.1) is 5.69 Å². The molecule has 3 rings (SSSR count). The number of hydrogen-bond acceptors (Lipinski definition) is 4. The molecule has 0 aliphatic carbocycles. The Labute approximate surface area is 145 Å². The fraction of sp³-hybridized carbons (Fsp3) is 0. The number of phenols is 1. The number of nitrogens with zero attached hydrogens (tertiary/aromatic N) is 1. The van der Waals surface area contributed by atoms with E-state index in [1.807, 2.05) is 0 Å². The van der Waals surface area contributed by atoms with Crippen LogP contribution in [0.2, 0.25) is 0 Å². The summed E-state index contributed by atoms with van der Waals surface area (Å²) in [4.78, 5) is 37.6. The summed E-state index contributed by atoms with van der Waals surface area (Å²) in [6, 6.07) is 11.8. The molecule has 1 saturated heterocycles. The predicted molar refractivity (Wildman–Crippen MR) is 91.3 cm³/mol. The number of aromatic hydroxyl groups is 1. The molecule has 24 heavy (non-hydrogen) atoms. The Morgan fingerprint density at radius 1 is 1.04 bits per heavy atom. The number of barbiturate groups is 1. The first-order valence-corrected chi connectivity index (χ1v) is 7.71. The van der Waals surface area contributed by atoms with Crippen molar-refractivity contribution < 1.29 is 19.5 Å². The van der Waals surface area contributed by atoms with Gasteiger partial charge in [0.1, 0.15) is 11.3 Å². The number of amides is 4. The fourth-order valence-corrected chi connectivity index (χ4v) is 2.63. The van der Waals surface area contributed by atoms with Crippen LogP contribution < -0.4 is 10.2 Å². The zero-order valence-electron chi connectivity index (χ0n) is 12.2. The molecule has 6 nitrogen and oxygen atoms in total. The summed E-state index contributed by atoms with van der Waals surface area (Å²) in [5, 5.41) is 11.4. The average molecular weight is 387 g/mol. The Morgan fingerprint density at radius 3 is 2.42 bits per heavy atom. The molecule has 0 spiro atoms. The molecule has 2 N–H and O–H groups in total. The minimum absolute atomic E-state index is 0.0718. The summed E-state index contributed by atoms with van der Waals surface area (Å²) in [7, 11) is 0. The first-order valence-electron chi connectivity index (χ1n) is 6.92. The Hall–Kier alpha value is -2.93. The molecule has 1 heterocycles. The lowest BCUT2D eigenvalue weighted by molar-refractivity contribution is -0.122. The lowest BCUT2D eigenvalue weighted by atomic mass is 10.1. The third-order valence-electron chi connectivity index (χ3n) is 3.37. The Morgan fingerprint density at radius 2 is 1.75 bits per heavy atom. The van der Waals surface area contributed by atoms with Gasteiger partial charge < -0.3 is 5.11 Å². The highest BCUT2D eigenvalue weighted by atomic mass is 79.9. The minimum Gasteiger partial charge on any atom is -0.508 e. The van der Waals surface area contributed by atoms with Crippen molar-refractivity contribution in [1.82, 2.24) is 5.32 Å². The van der Waals surface area contributed by atoms with Gasteiger partial charge in [0.25, 0.3) is 11.8 Å². The van der Waals surface area contributed by atoms with Crippen LogP contribution in [0.5, 0.6) is 5.75 Å². The number of carbonyl (C=O) groups excluding carboxylic acids is 3. The van der Waals surface area contributed by atoms with Gasteiger partial charge in [-0.15, -0.1) is 0 Å². The molecular formula is C17H11BrN2O4. The molecule has 7 heteroatoms. The molecule has 0 atom stereocenters. The molecule has 2 aromatic carbocycles. The number of rotatable bonds is 2. The second kappa shape index (κ2) is 6.29. The molecule has 0 unspecified atom stereocenters. The summed E-state index contributed by atoms with van der Waals surface area (Å²) in [6.45, 7) is 0. The van der Waals surface area contributed by atoms with Gasteiger partial charge in [-0.1, -0.05) is 34.1 Å². The van der Waals surface area contributed by atoms with Crippen LogP contribution in [0.15, 0.2) is 58.6 Å². The van der Waals surface area contributed by atoms with Crippen molar-refractivity contribution in [2.24, 2.45) is 0 Å². The van der Waals surface area contributed by atoms with Crippen molar-refractivity contribution in [2.75, 3.05) is 4.90 Å².